The molecule has 4 rings (SSSR count). The molecule has 136 valence electrons. The summed E-state index contributed by atoms with van der Waals surface area (Å²) in [6, 6.07) is 13.4. The number of benzene rings is 1. The first kappa shape index (κ1) is 17.1. The van der Waals surface area contributed by atoms with Gasteiger partial charge in [0.05, 0.1) is 24.0 Å². The lowest BCUT2D eigenvalue weighted by atomic mass is 10.1. The number of anilines is 1. The van der Waals surface area contributed by atoms with E-state index >= 15 is 0 Å². The van der Waals surface area contributed by atoms with Crippen molar-refractivity contribution < 1.29 is 9.11 Å². The van der Waals surface area contributed by atoms with Crippen molar-refractivity contribution >= 4 is 16.6 Å². The van der Waals surface area contributed by atoms with Crippen LogP contribution in [0.3, 0.4) is 0 Å². The fourth-order valence-corrected chi connectivity index (χ4v) is 5.51. The maximum Gasteiger partial charge on any atom is 0.179 e. The first-order valence-electron chi connectivity index (χ1n) is 8.58. The zero-order chi connectivity index (χ0) is 18.1. The summed E-state index contributed by atoms with van der Waals surface area (Å²) in [5.41, 5.74) is 2.56. The zero-order valence-corrected chi connectivity index (χ0v) is 15.1. The highest BCUT2D eigenvalue weighted by Crippen LogP contribution is 2.55. The standard InChI is InChI=1S/C18H21N5O2S/c19-14-21-9-7-17(13-21)23-11-10-22(26(23,24)25)16-5-3-4-15(12-16)18-6-1-2-8-20-18/h1-6,8,12,17,24-25H,7,9-11,13H2. The number of rotatable bonds is 3. The third-order valence-electron chi connectivity index (χ3n) is 4.94. The second-order valence-electron chi connectivity index (χ2n) is 6.49. The monoisotopic (exact) mass is 371 g/mol. The van der Waals surface area contributed by atoms with Crippen LogP contribution < -0.4 is 4.31 Å². The van der Waals surface area contributed by atoms with Crippen molar-refractivity contribution in [1.82, 2.24) is 14.2 Å². The van der Waals surface area contributed by atoms with E-state index in [9.17, 15) is 9.11 Å². The number of hydrogen-bond acceptors (Lipinski definition) is 7. The van der Waals surface area contributed by atoms with Gasteiger partial charge in [0.1, 0.15) is 0 Å². The molecule has 0 bridgehead atoms. The van der Waals surface area contributed by atoms with E-state index in [1.54, 1.807) is 19.7 Å². The van der Waals surface area contributed by atoms with Gasteiger partial charge in [-0.1, -0.05) is 29.2 Å². The summed E-state index contributed by atoms with van der Waals surface area (Å²) in [7, 11) is -3.08. The SMILES string of the molecule is N#CN1CCC(N2CCN(c3cccc(-c4ccccn4)c3)S2(O)O)C1. The van der Waals surface area contributed by atoms with Crippen molar-refractivity contribution in [2.45, 2.75) is 12.5 Å². The summed E-state index contributed by atoms with van der Waals surface area (Å²) in [5.74, 6) is 0. The molecule has 1 unspecified atom stereocenters. The minimum atomic E-state index is -3.08. The molecule has 0 amide bonds. The Bertz CT molecular complexity index is 826. The van der Waals surface area contributed by atoms with Gasteiger partial charge in [-0.2, -0.15) is 9.57 Å². The van der Waals surface area contributed by atoms with E-state index in [1.165, 1.54) is 0 Å². The molecule has 3 heterocycles. The van der Waals surface area contributed by atoms with Gasteiger partial charge in [-0.05, 0) is 30.7 Å². The highest BCUT2D eigenvalue weighted by molar-refractivity contribution is 8.23. The highest BCUT2D eigenvalue weighted by Gasteiger charge is 2.43. The Hall–Kier alpha value is -2.31. The van der Waals surface area contributed by atoms with Crippen LogP contribution in [0.1, 0.15) is 6.42 Å². The first-order valence-corrected chi connectivity index (χ1v) is 10.0. The summed E-state index contributed by atoms with van der Waals surface area (Å²) >= 11 is 0. The van der Waals surface area contributed by atoms with Crippen LogP contribution in [0, 0.1) is 11.5 Å². The Balaban J connectivity index is 1.58. The Morgan fingerprint density at radius 3 is 2.73 bits per heavy atom. The molecule has 2 aliphatic heterocycles. The van der Waals surface area contributed by atoms with Crippen LogP contribution in [0.25, 0.3) is 11.3 Å². The minimum Gasteiger partial charge on any atom is -0.309 e. The molecule has 2 aliphatic rings. The number of nitriles is 1. The number of hydrogen-bond donors (Lipinski definition) is 2. The predicted octanol–water partition coefficient (Wildman–Crippen LogP) is 3.01. The van der Waals surface area contributed by atoms with Crippen LogP contribution in [0.5, 0.6) is 0 Å². The zero-order valence-electron chi connectivity index (χ0n) is 14.3. The number of likely N-dealkylation sites (tertiary alicyclic amines) is 1. The smallest absolute Gasteiger partial charge is 0.179 e. The van der Waals surface area contributed by atoms with Gasteiger partial charge in [0.2, 0.25) is 0 Å². The van der Waals surface area contributed by atoms with Crippen LogP contribution in [0.2, 0.25) is 0 Å². The molecule has 7 nitrogen and oxygen atoms in total. The molecule has 8 heteroatoms. The van der Waals surface area contributed by atoms with Crippen LogP contribution >= 0.6 is 11.0 Å². The van der Waals surface area contributed by atoms with Gasteiger partial charge in [0.15, 0.2) is 6.19 Å². The molecule has 0 radical (unpaired) electrons. The largest absolute Gasteiger partial charge is 0.309 e. The molecule has 1 atom stereocenters. The molecule has 2 aromatic rings. The van der Waals surface area contributed by atoms with Crippen molar-refractivity contribution in [3.63, 3.8) is 0 Å². The third-order valence-corrected chi connectivity index (χ3v) is 7.04. The molecule has 0 saturated carbocycles. The Labute approximate surface area is 154 Å². The molecule has 1 aromatic heterocycles. The molecule has 26 heavy (non-hydrogen) atoms. The van der Waals surface area contributed by atoms with E-state index in [1.807, 2.05) is 42.5 Å². The van der Waals surface area contributed by atoms with Crippen molar-refractivity contribution in [1.29, 1.82) is 5.26 Å². The summed E-state index contributed by atoms with van der Waals surface area (Å²) in [6.07, 6.45) is 4.66. The van der Waals surface area contributed by atoms with Crippen LogP contribution in [-0.4, -0.2) is 55.5 Å². The van der Waals surface area contributed by atoms with Gasteiger partial charge < -0.3 is 4.90 Å². The Morgan fingerprint density at radius 2 is 2.00 bits per heavy atom. The average molecular weight is 371 g/mol. The molecular formula is C18H21N5O2S. The molecule has 0 spiro atoms. The van der Waals surface area contributed by atoms with E-state index in [0.29, 0.717) is 26.2 Å². The quantitative estimate of drug-likeness (QED) is 0.802. The Kier molecular flexibility index (Phi) is 4.46. The summed E-state index contributed by atoms with van der Waals surface area (Å²) in [5, 5.41) is 9.05. The van der Waals surface area contributed by atoms with Gasteiger partial charge >= 0.3 is 0 Å². The minimum absolute atomic E-state index is 0.0105. The van der Waals surface area contributed by atoms with Gasteiger partial charge in [-0.25, -0.2) is 0 Å². The molecule has 0 aliphatic carbocycles. The van der Waals surface area contributed by atoms with Crippen molar-refractivity contribution in [2.75, 3.05) is 30.5 Å². The van der Waals surface area contributed by atoms with E-state index in [2.05, 4.69) is 11.2 Å². The highest BCUT2D eigenvalue weighted by atomic mass is 32.3. The normalized spacial score (nSPS) is 23.8. The second-order valence-corrected chi connectivity index (χ2v) is 8.38. The lowest BCUT2D eigenvalue weighted by Crippen LogP contribution is -2.38. The first-order chi connectivity index (χ1) is 12.6. The number of aromatic nitrogens is 1. The summed E-state index contributed by atoms with van der Waals surface area (Å²) < 4.78 is 25.3. The molecule has 1 aromatic carbocycles. The molecular weight excluding hydrogens is 350 g/mol. The Morgan fingerprint density at radius 1 is 1.12 bits per heavy atom. The molecule has 2 fully saturated rings. The van der Waals surface area contributed by atoms with E-state index in [4.69, 9.17) is 5.26 Å². The van der Waals surface area contributed by atoms with Gasteiger partial charge in [0.25, 0.3) is 0 Å². The number of nitrogens with zero attached hydrogens (tertiary/aromatic N) is 5. The topological polar surface area (TPSA) is 86.9 Å². The van der Waals surface area contributed by atoms with E-state index < -0.39 is 11.0 Å². The van der Waals surface area contributed by atoms with Crippen molar-refractivity contribution in [3.05, 3.63) is 48.7 Å². The molecule has 2 saturated heterocycles. The van der Waals surface area contributed by atoms with Crippen LogP contribution in [-0.2, 0) is 0 Å². The number of pyridine rings is 1. The summed E-state index contributed by atoms with van der Waals surface area (Å²) in [4.78, 5) is 6.04. The lowest BCUT2D eigenvalue weighted by Gasteiger charge is -2.45. The van der Waals surface area contributed by atoms with Crippen LogP contribution in [0.4, 0.5) is 5.69 Å². The summed E-state index contributed by atoms with van der Waals surface area (Å²) in [6.45, 7) is 2.33. The van der Waals surface area contributed by atoms with Gasteiger partial charge in [0, 0.05) is 31.4 Å². The van der Waals surface area contributed by atoms with E-state index in [0.717, 1.165) is 23.4 Å². The fraction of sp³-hybridized carbons (Fsp3) is 0.333. The van der Waals surface area contributed by atoms with Gasteiger partial charge in [-0.15, -0.1) is 0 Å². The van der Waals surface area contributed by atoms with E-state index in [-0.39, 0.29) is 6.04 Å². The average Bonchev–Trinajstić information content (AvgIpc) is 3.26. The maximum absolute atomic E-state index is 10.9. The third kappa shape index (κ3) is 2.99. The van der Waals surface area contributed by atoms with Crippen molar-refractivity contribution in [3.8, 4) is 17.5 Å². The second kappa shape index (κ2) is 6.78. The predicted molar refractivity (Wildman–Crippen MR) is 102 cm³/mol. The molecule has 2 N–H and O–H groups in total. The maximum atomic E-state index is 10.9. The lowest BCUT2D eigenvalue weighted by molar-refractivity contribution is 0.310. The van der Waals surface area contributed by atoms with Crippen molar-refractivity contribution in [2.24, 2.45) is 0 Å². The van der Waals surface area contributed by atoms with Gasteiger partial charge in [-0.3, -0.25) is 18.4 Å². The van der Waals surface area contributed by atoms with Crippen LogP contribution in [0.15, 0.2) is 48.7 Å². The fourth-order valence-electron chi connectivity index (χ4n) is 3.64.